The van der Waals surface area contributed by atoms with Gasteiger partial charge in [0.05, 0.1) is 0 Å². The Morgan fingerprint density at radius 3 is 2.65 bits per heavy atom. The molecule has 1 heterocycles. The molecule has 0 aromatic heterocycles. The van der Waals surface area contributed by atoms with Crippen molar-refractivity contribution in [2.24, 2.45) is 5.92 Å². The Balaban J connectivity index is 1.48. The minimum Gasteiger partial charge on any atom is -0.356 e. The molecule has 2 rings (SSSR count). The molecule has 1 N–H and O–H groups in total. The zero-order chi connectivity index (χ0) is 16.5. The van der Waals surface area contributed by atoms with Crippen LogP contribution in [0, 0.1) is 12.8 Å². The fourth-order valence-electron chi connectivity index (χ4n) is 2.88. The van der Waals surface area contributed by atoms with Crippen LogP contribution in [0.1, 0.15) is 36.8 Å². The van der Waals surface area contributed by atoms with Gasteiger partial charge < -0.3 is 10.2 Å². The third kappa shape index (κ3) is 7.40. The van der Waals surface area contributed by atoms with E-state index in [1.807, 2.05) is 11.8 Å². The lowest BCUT2D eigenvalue weighted by molar-refractivity contribution is -0.122. The van der Waals surface area contributed by atoms with Gasteiger partial charge in [0.15, 0.2) is 0 Å². The van der Waals surface area contributed by atoms with E-state index in [1.165, 1.54) is 11.1 Å². The minimum absolute atomic E-state index is 0.239. The molecular formula is C19H30N2OS. The molecule has 1 aromatic rings. The van der Waals surface area contributed by atoms with Crippen LogP contribution in [0.5, 0.6) is 0 Å². The highest BCUT2D eigenvalue weighted by atomic mass is 32.2. The monoisotopic (exact) mass is 334 g/mol. The average Bonchev–Trinajstić information content (AvgIpc) is 2.54. The molecule has 0 spiro atoms. The minimum atomic E-state index is 0.239. The molecule has 23 heavy (non-hydrogen) atoms. The van der Waals surface area contributed by atoms with Gasteiger partial charge in [-0.2, -0.15) is 11.8 Å². The number of carbonyl (C=O) groups excluding carboxylic acids is 1. The van der Waals surface area contributed by atoms with Gasteiger partial charge >= 0.3 is 0 Å². The number of nitrogens with one attached hydrogen (secondary N) is 1. The van der Waals surface area contributed by atoms with Gasteiger partial charge in [0.2, 0.25) is 5.91 Å². The van der Waals surface area contributed by atoms with Crippen molar-refractivity contribution in [3.05, 3.63) is 35.4 Å². The van der Waals surface area contributed by atoms with Gasteiger partial charge in [0, 0.05) is 18.7 Å². The van der Waals surface area contributed by atoms with Crippen LogP contribution in [0.25, 0.3) is 0 Å². The Labute approximate surface area is 145 Å². The molecule has 0 saturated carbocycles. The van der Waals surface area contributed by atoms with Crippen molar-refractivity contribution < 1.29 is 4.79 Å². The normalized spacial score (nSPS) is 16.4. The number of benzene rings is 1. The zero-order valence-electron chi connectivity index (χ0n) is 14.5. The van der Waals surface area contributed by atoms with Crippen LogP contribution in [0.3, 0.4) is 0 Å². The smallest absolute Gasteiger partial charge is 0.220 e. The van der Waals surface area contributed by atoms with Crippen LogP contribution < -0.4 is 5.32 Å². The highest BCUT2D eigenvalue weighted by molar-refractivity contribution is 7.98. The molecule has 1 aromatic carbocycles. The number of amides is 1. The highest BCUT2D eigenvalue weighted by Gasteiger charge is 2.19. The van der Waals surface area contributed by atoms with Crippen molar-refractivity contribution in [3.63, 3.8) is 0 Å². The Bertz CT molecular complexity index is 467. The number of carbonyl (C=O) groups is 1. The molecule has 4 heteroatoms. The molecule has 3 nitrogen and oxygen atoms in total. The largest absolute Gasteiger partial charge is 0.356 e. The van der Waals surface area contributed by atoms with Crippen LogP contribution in [0.2, 0.25) is 0 Å². The maximum Gasteiger partial charge on any atom is 0.220 e. The van der Waals surface area contributed by atoms with E-state index < -0.39 is 0 Å². The molecule has 1 fully saturated rings. The van der Waals surface area contributed by atoms with Crippen molar-refractivity contribution >= 4 is 17.7 Å². The lowest BCUT2D eigenvalue weighted by Gasteiger charge is -2.28. The summed E-state index contributed by atoms with van der Waals surface area (Å²) in [6.07, 6.45) is 4.09. The molecule has 1 amide bonds. The van der Waals surface area contributed by atoms with Gasteiger partial charge in [0.1, 0.15) is 0 Å². The number of nitrogens with zero attached hydrogens (tertiary/aromatic N) is 1. The number of rotatable bonds is 8. The molecule has 1 saturated heterocycles. The van der Waals surface area contributed by atoms with Gasteiger partial charge in [0.25, 0.3) is 0 Å². The molecular weight excluding hydrogens is 304 g/mol. The van der Waals surface area contributed by atoms with Crippen molar-refractivity contribution in [2.75, 3.05) is 32.4 Å². The molecule has 0 radical (unpaired) electrons. The molecule has 128 valence electrons. The first-order valence-electron chi connectivity index (χ1n) is 8.72. The van der Waals surface area contributed by atoms with E-state index in [0.29, 0.717) is 12.3 Å². The summed E-state index contributed by atoms with van der Waals surface area (Å²) >= 11 is 1.94. The number of piperidine rings is 1. The number of likely N-dealkylation sites (tertiary alicyclic amines) is 1. The summed E-state index contributed by atoms with van der Waals surface area (Å²) in [7, 11) is 2.16. The predicted octanol–water partition coefficient (Wildman–Crippen LogP) is 3.47. The molecule has 0 unspecified atom stereocenters. The second-order valence-corrected chi connectivity index (χ2v) is 7.80. The van der Waals surface area contributed by atoms with Crippen LogP contribution in [-0.2, 0) is 10.5 Å². The lowest BCUT2D eigenvalue weighted by atomic mass is 9.93. The number of hydrogen-bond donors (Lipinski definition) is 1. The third-order valence-electron chi connectivity index (χ3n) is 4.49. The molecule has 1 aliphatic heterocycles. The van der Waals surface area contributed by atoms with E-state index in [9.17, 15) is 4.79 Å². The number of hydrogen-bond acceptors (Lipinski definition) is 3. The van der Waals surface area contributed by atoms with Crippen LogP contribution in [0.15, 0.2) is 24.3 Å². The van der Waals surface area contributed by atoms with Crippen LogP contribution >= 0.6 is 11.8 Å². The average molecular weight is 335 g/mol. The van der Waals surface area contributed by atoms with Gasteiger partial charge in [-0.15, -0.1) is 0 Å². The van der Waals surface area contributed by atoms with Crippen LogP contribution in [0.4, 0.5) is 0 Å². The fourth-order valence-corrected chi connectivity index (χ4v) is 3.80. The predicted molar refractivity (Wildman–Crippen MR) is 99.8 cm³/mol. The topological polar surface area (TPSA) is 32.3 Å². The van der Waals surface area contributed by atoms with E-state index in [-0.39, 0.29) is 5.91 Å². The first kappa shape index (κ1) is 18.3. The van der Waals surface area contributed by atoms with Crippen LogP contribution in [-0.4, -0.2) is 43.2 Å². The van der Waals surface area contributed by atoms with Crippen molar-refractivity contribution in [1.29, 1.82) is 0 Å². The van der Waals surface area contributed by atoms with Crippen molar-refractivity contribution in [2.45, 2.75) is 38.4 Å². The van der Waals surface area contributed by atoms with E-state index >= 15 is 0 Å². The Morgan fingerprint density at radius 2 is 1.96 bits per heavy atom. The summed E-state index contributed by atoms with van der Waals surface area (Å²) in [5.41, 5.74) is 2.69. The first-order valence-corrected chi connectivity index (χ1v) is 9.87. The van der Waals surface area contributed by atoms with E-state index in [4.69, 9.17) is 0 Å². The van der Waals surface area contributed by atoms with E-state index in [0.717, 1.165) is 50.4 Å². The standard InChI is InChI=1S/C19H30N2OS/c1-16-4-6-18(7-5-16)15-23-13-3-10-20-19(22)14-17-8-11-21(2)12-9-17/h4-7,17H,3,8-15H2,1-2H3,(H,20,22). The SMILES string of the molecule is Cc1ccc(CSCCCNC(=O)CC2CCN(C)CC2)cc1. The molecule has 1 aliphatic rings. The van der Waals surface area contributed by atoms with Gasteiger partial charge in [-0.3, -0.25) is 4.79 Å². The summed E-state index contributed by atoms with van der Waals surface area (Å²) < 4.78 is 0. The number of aryl methyl sites for hydroxylation is 1. The Kier molecular flexibility index (Phi) is 7.96. The van der Waals surface area contributed by atoms with Gasteiger partial charge in [-0.05, 0) is 63.6 Å². The van der Waals surface area contributed by atoms with E-state index in [2.05, 4.69) is 48.5 Å². The summed E-state index contributed by atoms with van der Waals surface area (Å²) in [4.78, 5) is 14.3. The highest BCUT2D eigenvalue weighted by Crippen LogP contribution is 2.19. The maximum absolute atomic E-state index is 11.9. The number of thioether (sulfide) groups is 1. The summed E-state index contributed by atoms with van der Waals surface area (Å²) in [5, 5.41) is 3.08. The quantitative estimate of drug-likeness (QED) is 0.739. The maximum atomic E-state index is 11.9. The molecule has 0 atom stereocenters. The summed E-state index contributed by atoms with van der Waals surface area (Å²) in [6, 6.07) is 8.73. The van der Waals surface area contributed by atoms with Gasteiger partial charge in [-0.1, -0.05) is 29.8 Å². The molecule has 0 bridgehead atoms. The lowest BCUT2D eigenvalue weighted by Crippen LogP contribution is -2.33. The Morgan fingerprint density at radius 1 is 1.26 bits per heavy atom. The van der Waals surface area contributed by atoms with Crippen molar-refractivity contribution in [1.82, 2.24) is 10.2 Å². The first-order chi connectivity index (χ1) is 11.1. The summed E-state index contributed by atoms with van der Waals surface area (Å²) in [6.45, 7) is 5.19. The fraction of sp³-hybridized carbons (Fsp3) is 0.632. The summed E-state index contributed by atoms with van der Waals surface area (Å²) in [5.74, 6) is 2.98. The second-order valence-electron chi connectivity index (χ2n) is 6.69. The Hall–Kier alpha value is -1.00. The van der Waals surface area contributed by atoms with Crippen molar-refractivity contribution in [3.8, 4) is 0 Å². The second kappa shape index (κ2) is 9.99. The van der Waals surface area contributed by atoms with E-state index in [1.54, 1.807) is 0 Å². The van der Waals surface area contributed by atoms with Gasteiger partial charge in [-0.25, -0.2) is 0 Å². The molecule has 0 aliphatic carbocycles. The third-order valence-corrected chi connectivity index (χ3v) is 5.60. The zero-order valence-corrected chi connectivity index (χ0v) is 15.3.